The van der Waals surface area contributed by atoms with Crippen molar-refractivity contribution >= 4 is 0 Å². The van der Waals surface area contributed by atoms with E-state index in [0.29, 0.717) is 0 Å². The van der Waals surface area contributed by atoms with E-state index in [2.05, 4.69) is 31.1 Å². The minimum Gasteiger partial charge on any atom is -0.306 e. The standard InChI is InChI=1S/C7H13N/c1-8(2)7-5-3-4-6-7/h3-4,7H,5-6H2,1-2H3. The number of hydrogen-bond acceptors (Lipinski definition) is 1. The molecule has 8 heavy (non-hydrogen) atoms. The van der Waals surface area contributed by atoms with Gasteiger partial charge in [0, 0.05) is 6.04 Å². The number of hydrogen-bond donors (Lipinski definition) is 0. The van der Waals surface area contributed by atoms with Gasteiger partial charge in [0.25, 0.3) is 0 Å². The summed E-state index contributed by atoms with van der Waals surface area (Å²) >= 11 is 0. The number of rotatable bonds is 1. The zero-order chi connectivity index (χ0) is 5.98. The van der Waals surface area contributed by atoms with Crippen molar-refractivity contribution in [3.8, 4) is 0 Å². The molecule has 0 bridgehead atoms. The summed E-state index contributed by atoms with van der Waals surface area (Å²) in [7, 11) is 4.27. The average Bonchev–Trinajstić information content (AvgIpc) is 2.12. The summed E-state index contributed by atoms with van der Waals surface area (Å²) in [5.74, 6) is 0. The van der Waals surface area contributed by atoms with Crippen LogP contribution in [0.15, 0.2) is 12.2 Å². The van der Waals surface area contributed by atoms with Crippen LogP contribution in [0.2, 0.25) is 0 Å². The van der Waals surface area contributed by atoms with Crippen LogP contribution in [0.4, 0.5) is 0 Å². The lowest BCUT2D eigenvalue weighted by atomic mass is 10.2. The molecule has 0 aromatic carbocycles. The van der Waals surface area contributed by atoms with E-state index >= 15 is 0 Å². The summed E-state index contributed by atoms with van der Waals surface area (Å²) in [6, 6.07) is 0.787. The van der Waals surface area contributed by atoms with E-state index in [9.17, 15) is 0 Å². The maximum Gasteiger partial charge on any atom is 0.0158 e. The first-order valence-corrected chi connectivity index (χ1v) is 3.12. The molecule has 46 valence electrons. The minimum atomic E-state index is 0.787. The average molecular weight is 111 g/mol. The lowest BCUT2D eigenvalue weighted by Crippen LogP contribution is -2.24. The fourth-order valence-corrected chi connectivity index (χ4v) is 1.02. The second-order valence-electron chi connectivity index (χ2n) is 2.56. The molecule has 0 spiro atoms. The molecular formula is C7H13N. The predicted molar refractivity (Wildman–Crippen MR) is 35.8 cm³/mol. The maximum absolute atomic E-state index is 2.28. The van der Waals surface area contributed by atoms with Crippen molar-refractivity contribution in [2.75, 3.05) is 14.1 Å². The molecule has 0 fully saturated rings. The SMILES string of the molecule is CN(C)C1CC=CC1. The van der Waals surface area contributed by atoms with Gasteiger partial charge >= 0.3 is 0 Å². The highest BCUT2D eigenvalue weighted by atomic mass is 15.1. The van der Waals surface area contributed by atoms with Crippen LogP contribution < -0.4 is 0 Å². The van der Waals surface area contributed by atoms with E-state index < -0.39 is 0 Å². The van der Waals surface area contributed by atoms with Gasteiger partial charge in [-0.3, -0.25) is 0 Å². The first-order chi connectivity index (χ1) is 3.80. The van der Waals surface area contributed by atoms with Gasteiger partial charge in [0.05, 0.1) is 0 Å². The van der Waals surface area contributed by atoms with E-state index in [-0.39, 0.29) is 0 Å². The van der Waals surface area contributed by atoms with Gasteiger partial charge in [0.2, 0.25) is 0 Å². The third-order valence-electron chi connectivity index (χ3n) is 1.71. The van der Waals surface area contributed by atoms with Crippen molar-refractivity contribution in [3.05, 3.63) is 12.2 Å². The second kappa shape index (κ2) is 2.31. The molecule has 0 saturated carbocycles. The molecule has 0 saturated heterocycles. The summed E-state index contributed by atoms with van der Waals surface area (Å²) in [4.78, 5) is 2.28. The molecular weight excluding hydrogens is 98.1 g/mol. The van der Waals surface area contributed by atoms with Crippen LogP contribution >= 0.6 is 0 Å². The quantitative estimate of drug-likeness (QED) is 0.460. The van der Waals surface area contributed by atoms with E-state index in [1.54, 1.807) is 0 Å². The van der Waals surface area contributed by atoms with Crippen LogP contribution in [0.25, 0.3) is 0 Å². The van der Waals surface area contributed by atoms with Crippen molar-refractivity contribution < 1.29 is 0 Å². The summed E-state index contributed by atoms with van der Waals surface area (Å²) in [5, 5.41) is 0. The fourth-order valence-electron chi connectivity index (χ4n) is 1.02. The molecule has 1 aliphatic carbocycles. The monoisotopic (exact) mass is 111 g/mol. The fraction of sp³-hybridized carbons (Fsp3) is 0.714. The van der Waals surface area contributed by atoms with Crippen molar-refractivity contribution in [1.29, 1.82) is 0 Å². The lowest BCUT2D eigenvalue weighted by molar-refractivity contribution is 0.306. The van der Waals surface area contributed by atoms with Gasteiger partial charge in [0.1, 0.15) is 0 Å². The summed E-state index contributed by atoms with van der Waals surface area (Å²) in [6.07, 6.45) is 7.00. The summed E-state index contributed by atoms with van der Waals surface area (Å²) < 4.78 is 0. The molecule has 0 atom stereocenters. The van der Waals surface area contributed by atoms with Gasteiger partial charge in [-0.05, 0) is 26.9 Å². The number of nitrogens with zero attached hydrogens (tertiary/aromatic N) is 1. The van der Waals surface area contributed by atoms with Crippen LogP contribution in [0.3, 0.4) is 0 Å². The molecule has 0 aromatic rings. The predicted octanol–water partition coefficient (Wildman–Crippen LogP) is 1.27. The van der Waals surface area contributed by atoms with Crippen molar-refractivity contribution in [3.63, 3.8) is 0 Å². The Hall–Kier alpha value is -0.300. The topological polar surface area (TPSA) is 3.24 Å². The van der Waals surface area contributed by atoms with Gasteiger partial charge in [-0.25, -0.2) is 0 Å². The molecule has 1 heteroatoms. The first kappa shape index (κ1) is 5.83. The van der Waals surface area contributed by atoms with Gasteiger partial charge < -0.3 is 4.90 Å². The molecule has 1 rings (SSSR count). The van der Waals surface area contributed by atoms with Crippen LogP contribution in [0.5, 0.6) is 0 Å². The second-order valence-corrected chi connectivity index (χ2v) is 2.56. The highest BCUT2D eigenvalue weighted by molar-refractivity contribution is 4.97. The third-order valence-corrected chi connectivity index (χ3v) is 1.71. The van der Waals surface area contributed by atoms with Crippen LogP contribution in [0, 0.1) is 0 Å². The highest BCUT2D eigenvalue weighted by Crippen LogP contribution is 2.12. The van der Waals surface area contributed by atoms with E-state index in [0.717, 1.165) is 6.04 Å². The molecule has 0 heterocycles. The zero-order valence-electron chi connectivity index (χ0n) is 5.59. The van der Waals surface area contributed by atoms with Crippen LogP contribution in [0.1, 0.15) is 12.8 Å². The molecule has 1 aliphatic rings. The third kappa shape index (κ3) is 1.10. The van der Waals surface area contributed by atoms with Gasteiger partial charge in [-0.2, -0.15) is 0 Å². The Kier molecular flexibility index (Phi) is 1.69. The first-order valence-electron chi connectivity index (χ1n) is 3.12. The molecule has 0 unspecified atom stereocenters. The molecule has 0 amide bonds. The molecule has 0 N–H and O–H groups in total. The maximum atomic E-state index is 2.28. The normalized spacial score (nSPS) is 20.9. The molecule has 0 aliphatic heterocycles. The Bertz CT molecular complexity index is 86.6. The molecule has 0 aromatic heterocycles. The Morgan fingerprint density at radius 2 is 1.75 bits per heavy atom. The van der Waals surface area contributed by atoms with E-state index in [1.165, 1.54) is 12.8 Å². The Morgan fingerprint density at radius 3 is 2.00 bits per heavy atom. The lowest BCUT2D eigenvalue weighted by Gasteiger charge is -2.17. The van der Waals surface area contributed by atoms with Crippen LogP contribution in [-0.4, -0.2) is 25.0 Å². The minimum absolute atomic E-state index is 0.787. The summed E-state index contributed by atoms with van der Waals surface area (Å²) in [5.41, 5.74) is 0. The largest absolute Gasteiger partial charge is 0.306 e. The van der Waals surface area contributed by atoms with Gasteiger partial charge in [-0.1, -0.05) is 12.2 Å². The zero-order valence-corrected chi connectivity index (χ0v) is 5.59. The van der Waals surface area contributed by atoms with Gasteiger partial charge in [0.15, 0.2) is 0 Å². The summed E-state index contributed by atoms with van der Waals surface area (Å²) in [6.45, 7) is 0. The van der Waals surface area contributed by atoms with E-state index in [4.69, 9.17) is 0 Å². The van der Waals surface area contributed by atoms with Gasteiger partial charge in [-0.15, -0.1) is 0 Å². The van der Waals surface area contributed by atoms with Crippen molar-refractivity contribution in [2.24, 2.45) is 0 Å². The van der Waals surface area contributed by atoms with Crippen molar-refractivity contribution in [1.82, 2.24) is 4.90 Å². The molecule has 1 nitrogen and oxygen atoms in total. The Labute approximate surface area is 51.0 Å². The smallest absolute Gasteiger partial charge is 0.0158 e. The Balaban J connectivity index is 2.29. The Morgan fingerprint density at radius 1 is 1.25 bits per heavy atom. The van der Waals surface area contributed by atoms with E-state index in [1.807, 2.05) is 0 Å². The highest BCUT2D eigenvalue weighted by Gasteiger charge is 2.10. The van der Waals surface area contributed by atoms with Crippen LogP contribution in [-0.2, 0) is 0 Å². The molecule has 0 radical (unpaired) electrons. The van der Waals surface area contributed by atoms with Crippen molar-refractivity contribution in [2.45, 2.75) is 18.9 Å².